The minimum atomic E-state index is -4.93. The van der Waals surface area contributed by atoms with Gasteiger partial charge < -0.3 is 40.3 Å². The Labute approximate surface area is 446 Å². The van der Waals surface area contributed by atoms with Crippen LogP contribution in [0.3, 0.4) is 0 Å². The normalized spacial score (nSPS) is 14.5. The van der Waals surface area contributed by atoms with Crippen molar-refractivity contribution < 1.29 is 45.4 Å². The molecule has 1 aliphatic heterocycles. The van der Waals surface area contributed by atoms with E-state index in [1.165, 1.54) is 21.2 Å². The second-order valence-corrected chi connectivity index (χ2v) is 28.7. The number of hydrogen-bond donors (Lipinski definition) is 5. The van der Waals surface area contributed by atoms with Crippen LogP contribution in [0.1, 0.15) is 55.9 Å². The summed E-state index contributed by atoms with van der Waals surface area (Å²) in [5, 5.41) is 28.0. The number of amides is 2. The Morgan fingerprint density at radius 3 is 1.93 bits per heavy atom. The fourth-order valence-corrected chi connectivity index (χ4v) is 13.2. The smallest absolute Gasteiger partial charge is 0.407 e. The third-order valence-electron chi connectivity index (χ3n) is 13.7. The number of nitrogens with two attached hydrogens (primary N) is 1. The summed E-state index contributed by atoms with van der Waals surface area (Å²) < 4.78 is 84.0. The van der Waals surface area contributed by atoms with Gasteiger partial charge in [0.15, 0.2) is 8.32 Å². The first-order valence-corrected chi connectivity index (χ1v) is 30.7. The zero-order valence-electron chi connectivity index (χ0n) is 43.7. The first-order valence-electron chi connectivity index (χ1n) is 24.8. The molecule has 0 unspecified atom stereocenters. The molecule has 20 nitrogen and oxygen atoms in total. The zero-order chi connectivity index (χ0) is 54.7. The second-order valence-electron chi connectivity index (χ2n) is 20.3. The molecule has 0 spiro atoms. The molecule has 2 amide bonds. The largest absolute Gasteiger partial charge is 0.497 e. The molecule has 1 atom stereocenters. The highest BCUT2D eigenvalue weighted by molar-refractivity contribution is 7.92. The van der Waals surface area contributed by atoms with E-state index in [2.05, 4.69) is 25.7 Å². The van der Waals surface area contributed by atoms with Crippen molar-refractivity contribution in [3.05, 3.63) is 150 Å². The number of alkyl carbamates (subject to hydrolysis) is 1. The standard InChI is InChI=1S/C53H68N10O10S2Si/c1-52(2,3)76(5,6)73-44(32-55-50(64)65)33-57-74(67,68)46-27-26-45(61-30-28-53(54,29-31-61)38-56-51(66)72-37-42-20-14-9-15-21-42)47(49-58-60-63(59-49)36-41-22-24-43(71-4)25-23-41)48(46)75(69,70)62(34-39-16-10-7-11-17-39)35-40-18-12-8-13-19-40/h7-27,44,55,57H,28-38,54H2,1-6H3,(H,56,66)(H,64,65)/t44-/m1/s1. The summed E-state index contributed by atoms with van der Waals surface area (Å²) in [6.45, 7) is 9.69. The summed E-state index contributed by atoms with van der Waals surface area (Å²) in [5.74, 6) is 0.464. The van der Waals surface area contributed by atoms with Crippen molar-refractivity contribution in [3.63, 3.8) is 0 Å². The maximum Gasteiger partial charge on any atom is 0.407 e. The molecule has 23 heteroatoms. The summed E-state index contributed by atoms with van der Waals surface area (Å²) in [7, 11) is -10.8. The number of carbonyl (C=O) groups is 2. The number of carboxylic acid groups (broad SMARTS) is 1. The molecule has 406 valence electrons. The Morgan fingerprint density at radius 1 is 0.803 bits per heavy atom. The molecule has 2 heterocycles. The maximum absolute atomic E-state index is 16.2. The predicted octanol–water partition coefficient (Wildman–Crippen LogP) is 6.95. The monoisotopic (exact) mass is 1100 g/mol. The minimum absolute atomic E-state index is 0.0768. The van der Waals surface area contributed by atoms with Crippen LogP contribution in [0, 0.1) is 0 Å². The van der Waals surface area contributed by atoms with Crippen LogP contribution in [-0.2, 0) is 55.5 Å². The molecule has 76 heavy (non-hydrogen) atoms. The molecule has 0 bridgehead atoms. The van der Waals surface area contributed by atoms with Gasteiger partial charge in [-0.25, -0.2) is 31.1 Å². The van der Waals surface area contributed by atoms with Crippen LogP contribution < -0.4 is 30.7 Å². The Bertz CT molecular complexity index is 3080. The molecule has 1 aromatic heterocycles. The first-order chi connectivity index (χ1) is 36.1. The lowest BCUT2D eigenvalue weighted by molar-refractivity contribution is 0.135. The summed E-state index contributed by atoms with van der Waals surface area (Å²) in [4.78, 5) is 26.6. The first kappa shape index (κ1) is 57.0. The number of anilines is 1. The third kappa shape index (κ3) is 14.8. The van der Waals surface area contributed by atoms with Crippen molar-refractivity contribution in [2.75, 3.05) is 44.7 Å². The van der Waals surface area contributed by atoms with Gasteiger partial charge >= 0.3 is 12.2 Å². The number of sulfonamides is 2. The van der Waals surface area contributed by atoms with Gasteiger partial charge in [0.05, 0.1) is 25.3 Å². The Balaban J connectivity index is 1.35. The molecular formula is C53H68N10O10S2Si. The van der Waals surface area contributed by atoms with Crippen molar-refractivity contribution in [1.82, 2.24) is 39.9 Å². The molecule has 1 saturated heterocycles. The van der Waals surface area contributed by atoms with Crippen molar-refractivity contribution >= 4 is 46.2 Å². The van der Waals surface area contributed by atoms with Crippen LogP contribution in [-0.4, -0.2) is 118 Å². The SMILES string of the molecule is COc1ccc(Cn2nnc(-c3c(N4CCC(N)(CNC(=O)OCc5ccccc5)CC4)ccc(S(=O)(=O)NC[C@@H](CNC(=O)O)O[Si](C)(C)C(C)(C)C)c3S(=O)(=O)N(Cc3ccccc3)Cc3ccccc3)n2)cc1. The van der Waals surface area contributed by atoms with E-state index < -0.39 is 68.5 Å². The van der Waals surface area contributed by atoms with Crippen LogP contribution >= 0.6 is 0 Å². The Hall–Kier alpha value is -6.73. The highest BCUT2D eigenvalue weighted by Crippen LogP contribution is 2.43. The van der Waals surface area contributed by atoms with Gasteiger partial charge in [-0.05, 0) is 82.7 Å². The molecule has 1 aliphatic rings. The van der Waals surface area contributed by atoms with Gasteiger partial charge in [-0.1, -0.05) is 124 Å². The highest BCUT2D eigenvalue weighted by atomic mass is 32.2. The predicted molar refractivity (Wildman–Crippen MR) is 291 cm³/mol. The number of nitrogens with one attached hydrogen (secondary N) is 3. The topological polar surface area (TPSA) is 263 Å². The molecule has 1 fully saturated rings. The average molecular weight is 1100 g/mol. The van der Waals surface area contributed by atoms with Gasteiger partial charge in [0.2, 0.25) is 25.9 Å². The molecule has 6 N–H and O–H groups in total. The quantitative estimate of drug-likeness (QED) is 0.0407. The number of ether oxygens (including phenoxy) is 2. The van der Waals surface area contributed by atoms with Crippen molar-refractivity contribution in [1.29, 1.82) is 0 Å². The molecule has 0 saturated carbocycles. The Kier molecular flexibility index (Phi) is 18.4. The van der Waals surface area contributed by atoms with Crippen molar-refractivity contribution in [2.24, 2.45) is 5.73 Å². The molecular weight excluding hydrogens is 1030 g/mol. The Morgan fingerprint density at radius 2 is 1.38 bits per heavy atom. The number of tetrazole rings is 1. The number of nitrogens with zero attached hydrogens (tertiary/aromatic N) is 6. The number of aromatic nitrogens is 4. The molecule has 6 aromatic rings. The maximum atomic E-state index is 16.2. The average Bonchev–Trinajstić information content (AvgIpc) is 3.87. The van der Waals surface area contributed by atoms with Gasteiger partial charge in [-0.3, -0.25) is 0 Å². The summed E-state index contributed by atoms with van der Waals surface area (Å²) in [6, 6.07) is 37.2. The van der Waals surface area contributed by atoms with Crippen LogP contribution in [0.5, 0.6) is 5.75 Å². The number of rotatable bonds is 23. The lowest BCUT2D eigenvalue weighted by Crippen LogP contribution is -2.56. The van der Waals surface area contributed by atoms with E-state index in [9.17, 15) is 14.7 Å². The van der Waals surface area contributed by atoms with Gasteiger partial charge in [0.25, 0.3) is 0 Å². The summed E-state index contributed by atoms with van der Waals surface area (Å²) in [5.41, 5.74) is 9.09. The van der Waals surface area contributed by atoms with E-state index in [0.717, 1.165) is 11.1 Å². The van der Waals surface area contributed by atoms with Crippen LogP contribution in [0.4, 0.5) is 15.3 Å². The number of benzene rings is 5. The molecule has 0 aliphatic carbocycles. The number of piperidine rings is 1. The van der Waals surface area contributed by atoms with Gasteiger partial charge in [0.1, 0.15) is 22.1 Å². The summed E-state index contributed by atoms with van der Waals surface area (Å²) >= 11 is 0. The number of methoxy groups -OCH3 is 1. The molecule has 7 rings (SSSR count). The third-order valence-corrected chi connectivity index (χ3v) is 21.7. The van der Waals surface area contributed by atoms with Crippen LogP contribution in [0.25, 0.3) is 11.4 Å². The minimum Gasteiger partial charge on any atom is -0.497 e. The summed E-state index contributed by atoms with van der Waals surface area (Å²) in [6.07, 6.45) is -2.30. The van der Waals surface area contributed by atoms with E-state index >= 15 is 16.8 Å². The van der Waals surface area contributed by atoms with E-state index in [4.69, 9.17) is 24.7 Å². The van der Waals surface area contributed by atoms with Crippen molar-refractivity contribution in [2.45, 2.75) is 99.4 Å². The van der Waals surface area contributed by atoms with Crippen molar-refractivity contribution in [3.8, 4) is 17.1 Å². The second kappa shape index (κ2) is 24.5. The fourth-order valence-electron chi connectivity index (χ4n) is 8.36. The lowest BCUT2D eigenvalue weighted by Gasteiger charge is -2.41. The molecule has 0 radical (unpaired) electrons. The van der Waals surface area contributed by atoms with E-state index in [1.807, 2.05) is 93.4 Å². The number of carbonyl (C=O) groups excluding carboxylic acids is 1. The van der Waals surface area contributed by atoms with Crippen LogP contribution in [0.2, 0.25) is 18.1 Å². The zero-order valence-corrected chi connectivity index (χ0v) is 46.3. The van der Waals surface area contributed by atoms with E-state index in [0.29, 0.717) is 35.4 Å². The lowest BCUT2D eigenvalue weighted by atomic mass is 9.88. The van der Waals surface area contributed by atoms with E-state index in [-0.39, 0.29) is 68.8 Å². The van der Waals surface area contributed by atoms with E-state index in [1.54, 1.807) is 67.8 Å². The van der Waals surface area contributed by atoms with Gasteiger partial charge in [0, 0.05) is 57.0 Å². The molecule has 5 aromatic carbocycles. The van der Waals surface area contributed by atoms with Gasteiger partial charge in [-0.2, -0.15) is 9.10 Å². The fraction of sp³-hybridized carbons (Fsp3) is 0.377. The van der Waals surface area contributed by atoms with Crippen LogP contribution in [0.15, 0.2) is 137 Å². The highest BCUT2D eigenvalue weighted by Gasteiger charge is 2.42. The number of hydrogen-bond acceptors (Lipinski definition) is 14. The van der Waals surface area contributed by atoms with Gasteiger partial charge in [-0.15, -0.1) is 10.2 Å².